The van der Waals surface area contributed by atoms with Gasteiger partial charge in [0.15, 0.2) is 0 Å². The Morgan fingerprint density at radius 3 is 2.38 bits per heavy atom. The number of nitrogens with zero attached hydrogens (tertiary/aromatic N) is 3. The van der Waals surface area contributed by atoms with Crippen molar-refractivity contribution in [1.29, 1.82) is 0 Å². The lowest BCUT2D eigenvalue weighted by Crippen LogP contribution is -2.23. The van der Waals surface area contributed by atoms with Crippen LogP contribution < -0.4 is 5.32 Å². The fourth-order valence-electron chi connectivity index (χ4n) is 3.54. The summed E-state index contributed by atoms with van der Waals surface area (Å²) >= 11 is 0. The number of nitrogens with one attached hydrogen (secondary N) is 1. The van der Waals surface area contributed by atoms with E-state index in [1.54, 1.807) is 16.8 Å². The fourth-order valence-corrected chi connectivity index (χ4v) is 4.48. The van der Waals surface area contributed by atoms with Gasteiger partial charge in [-0.3, -0.25) is 4.79 Å². The van der Waals surface area contributed by atoms with Crippen molar-refractivity contribution >= 4 is 21.7 Å². The molecular formula is C26H26N4O3S. The van der Waals surface area contributed by atoms with Crippen molar-refractivity contribution in [2.75, 3.05) is 19.4 Å². The van der Waals surface area contributed by atoms with Crippen molar-refractivity contribution in [3.8, 4) is 11.3 Å². The van der Waals surface area contributed by atoms with Crippen molar-refractivity contribution in [2.24, 2.45) is 0 Å². The van der Waals surface area contributed by atoms with E-state index in [1.807, 2.05) is 67.6 Å². The average Bonchev–Trinajstić information content (AvgIpc) is 3.21. The summed E-state index contributed by atoms with van der Waals surface area (Å²) in [6.07, 6.45) is 0. The van der Waals surface area contributed by atoms with E-state index in [0.29, 0.717) is 12.4 Å². The zero-order valence-electron chi connectivity index (χ0n) is 19.3. The average molecular weight is 475 g/mol. The SMILES string of the molecule is Cc1cccc(-c2cc(NC(=O)c3cccc(S(=O)(=O)N(C)C)c3)n(Cc3ccccc3)n2)c1. The highest BCUT2D eigenvalue weighted by Crippen LogP contribution is 2.24. The third kappa shape index (κ3) is 5.08. The van der Waals surface area contributed by atoms with Gasteiger partial charge >= 0.3 is 0 Å². The molecule has 174 valence electrons. The molecule has 3 aromatic carbocycles. The van der Waals surface area contributed by atoms with Gasteiger partial charge in [-0.2, -0.15) is 5.10 Å². The molecule has 4 aromatic rings. The number of hydrogen-bond acceptors (Lipinski definition) is 4. The smallest absolute Gasteiger partial charge is 0.256 e. The van der Waals surface area contributed by atoms with Gasteiger partial charge in [0.2, 0.25) is 10.0 Å². The fraction of sp³-hybridized carbons (Fsp3) is 0.154. The molecule has 0 unspecified atom stereocenters. The Balaban J connectivity index is 1.68. The van der Waals surface area contributed by atoms with Crippen LogP contribution >= 0.6 is 0 Å². The summed E-state index contributed by atoms with van der Waals surface area (Å²) in [7, 11) is -0.744. The number of carbonyl (C=O) groups is 1. The van der Waals surface area contributed by atoms with Gasteiger partial charge in [-0.25, -0.2) is 17.4 Å². The number of anilines is 1. The largest absolute Gasteiger partial charge is 0.307 e. The van der Waals surface area contributed by atoms with Crippen LogP contribution in [0.3, 0.4) is 0 Å². The second kappa shape index (κ2) is 9.62. The molecule has 0 aliphatic heterocycles. The molecule has 0 aliphatic rings. The predicted octanol–water partition coefficient (Wildman–Crippen LogP) is 4.41. The summed E-state index contributed by atoms with van der Waals surface area (Å²) in [6, 6.07) is 25.7. The van der Waals surface area contributed by atoms with Crippen LogP contribution in [-0.4, -0.2) is 42.5 Å². The maximum absolute atomic E-state index is 13.1. The third-order valence-electron chi connectivity index (χ3n) is 5.39. The van der Waals surface area contributed by atoms with Gasteiger partial charge in [-0.05, 0) is 36.8 Å². The first-order valence-corrected chi connectivity index (χ1v) is 12.2. The van der Waals surface area contributed by atoms with Crippen LogP contribution in [0.2, 0.25) is 0 Å². The molecule has 0 aliphatic carbocycles. The number of rotatable bonds is 7. The van der Waals surface area contributed by atoms with E-state index >= 15 is 0 Å². The van der Waals surface area contributed by atoms with Gasteiger partial charge in [-0.15, -0.1) is 0 Å². The zero-order valence-corrected chi connectivity index (χ0v) is 20.1. The Morgan fingerprint density at radius 2 is 1.68 bits per heavy atom. The molecule has 4 rings (SSSR count). The molecule has 7 nitrogen and oxygen atoms in total. The quantitative estimate of drug-likeness (QED) is 0.430. The van der Waals surface area contributed by atoms with Gasteiger partial charge in [0.25, 0.3) is 5.91 Å². The zero-order chi connectivity index (χ0) is 24.3. The molecule has 0 bridgehead atoms. The molecule has 1 aromatic heterocycles. The molecule has 0 radical (unpaired) electrons. The van der Waals surface area contributed by atoms with Gasteiger partial charge in [0, 0.05) is 31.3 Å². The van der Waals surface area contributed by atoms with E-state index in [1.165, 1.54) is 26.2 Å². The second-order valence-electron chi connectivity index (χ2n) is 8.20. The minimum Gasteiger partial charge on any atom is -0.307 e. The summed E-state index contributed by atoms with van der Waals surface area (Å²) in [5.74, 6) is 0.104. The van der Waals surface area contributed by atoms with E-state index in [2.05, 4.69) is 5.32 Å². The lowest BCUT2D eigenvalue weighted by atomic mass is 10.1. The number of sulfonamides is 1. The topological polar surface area (TPSA) is 84.3 Å². The summed E-state index contributed by atoms with van der Waals surface area (Å²) in [6.45, 7) is 2.49. The molecule has 1 amide bonds. The summed E-state index contributed by atoms with van der Waals surface area (Å²) in [5, 5.41) is 7.66. The molecule has 8 heteroatoms. The van der Waals surface area contributed by atoms with Crippen molar-refractivity contribution in [3.63, 3.8) is 0 Å². The minimum absolute atomic E-state index is 0.0587. The first-order valence-electron chi connectivity index (χ1n) is 10.8. The van der Waals surface area contributed by atoms with Gasteiger partial charge in [0.05, 0.1) is 17.1 Å². The standard InChI is InChI=1S/C26H26N4O3S/c1-19-9-7-12-21(15-19)24-17-25(30(28-24)18-20-10-5-4-6-11-20)27-26(31)22-13-8-14-23(16-22)34(32,33)29(2)3/h4-17H,18H2,1-3H3,(H,27,31). The van der Waals surface area contributed by atoms with Crippen LogP contribution in [0, 0.1) is 6.92 Å². The van der Waals surface area contributed by atoms with Crippen molar-refractivity contribution in [1.82, 2.24) is 14.1 Å². The highest BCUT2D eigenvalue weighted by molar-refractivity contribution is 7.89. The number of carbonyl (C=O) groups excluding carboxylic acids is 1. The summed E-state index contributed by atoms with van der Waals surface area (Å²) < 4.78 is 27.8. The summed E-state index contributed by atoms with van der Waals surface area (Å²) in [5.41, 5.74) is 4.07. The van der Waals surface area contributed by atoms with Crippen molar-refractivity contribution in [3.05, 3.63) is 102 Å². The highest BCUT2D eigenvalue weighted by atomic mass is 32.2. The van der Waals surface area contributed by atoms with E-state index in [4.69, 9.17) is 5.10 Å². The lowest BCUT2D eigenvalue weighted by Gasteiger charge is -2.13. The normalized spacial score (nSPS) is 11.5. The van der Waals surface area contributed by atoms with E-state index in [-0.39, 0.29) is 10.5 Å². The van der Waals surface area contributed by atoms with Crippen LogP contribution in [0.1, 0.15) is 21.5 Å². The van der Waals surface area contributed by atoms with Gasteiger partial charge < -0.3 is 5.32 Å². The third-order valence-corrected chi connectivity index (χ3v) is 7.20. The van der Waals surface area contributed by atoms with Gasteiger partial charge in [-0.1, -0.05) is 60.2 Å². The van der Waals surface area contributed by atoms with Crippen LogP contribution in [0.5, 0.6) is 0 Å². The van der Waals surface area contributed by atoms with Crippen LogP contribution in [0.25, 0.3) is 11.3 Å². The van der Waals surface area contributed by atoms with Crippen LogP contribution in [-0.2, 0) is 16.6 Å². The van der Waals surface area contributed by atoms with Gasteiger partial charge in [0.1, 0.15) is 5.82 Å². The summed E-state index contributed by atoms with van der Waals surface area (Å²) in [4.78, 5) is 13.2. The molecular weight excluding hydrogens is 448 g/mol. The Morgan fingerprint density at radius 1 is 0.941 bits per heavy atom. The minimum atomic E-state index is -3.65. The van der Waals surface area contributed by atoms with E-state index < -0.39 is 15.9 Å². The highest BCUT2D eigenvalue weighted by Gasteiger charge is 2.20. The van der Waals surface area contributed by atoms with Crippen molar-refractivity contribution in [2.45, 2.75) is 18.4 Å². The first-order chi connectivity index (χ1) is 16.2. The van der Waals surface area contributed by atoms with E-state index in [0.717, 1.165) is 26.7 Å². The van der Waals surface area contributed by atoms with Crippen molar-refractivity contribution < 1.29 is 13.2 Å². The molecule has 0 fully saturated rings. The molecule has 34 heavy (non-hydrogen) atoms. The molecule has 0 atom stereocenters. The number of aryl methyl sites for hydroxylation is 1. The number of benzene rings is 3. The Hall–Kier alpha value is -3.75. The number of hydrogen-bond donors (Lipinski definition) is 1. The number of aromatic nitrogens is 2. The molecule has 0 spiro atoms. The van der Waals surface area contributed by atoms with Crippen LogP contribution in [0.4, 0.5) is 5.82 Å². The second-order valence-corrected chi connectivity index (χ2v) is 10.3. The van der Waals surface area contributed by atoms with E-state index in [9.17, 15) is 13.2 Å². The van der Waals surface area contributed by atoms with Crippen LogP contribution in [0.15, 0.2) is 89.8 Å². The molecule has 1 N–H and O–H groups in total. The number of amides is 1. The molecule has 0 saturated carbocycles. The maximum Gasteiger partial charge on any atom is 0.256 e. The molecule has 1 heterocycles. The molecule has 0 saturated heterocycles. The Labute approximate surface area is 199 Å². The predicted molar refractivity (Wildman–Crippen MR) is 133 cm³/mol. The Bertz CT molecular complexity index is 1430. The monoisotopic (exact) mass is 474 g/mol. The maximum atomic E-state index is 13.1. The Kier molecular flexibility index (Phi) is 6.63. The first kappa shape index (κ1) is 23.4. The lowest BCUT2D eigenvalue weighted by molar-refractivity contribution is 0.102.